The summed E-state index contributed by atoms with van der Waals surface area (Å²) in [5.41, 5.74) is 0. The first-order chi connectivity index (χ1) is 8.47. The number of rotatable bonds is 11. The van der Waals surface area contributed by atoms with Crippen LogP contribution in [0.3, 0.4) is 0 Å². The first kappa shape index (κ1) is 17.9. The van der Waals surface area contributed by atoms with Crippen LogP contribution in [0.4, 0.5) is 0 Å². The standard InChI is InChI=1S/C15H34N2O/c1-13(2)7-8-16-11-15(5)17(9-10-18-6)12-14(3)4/h13-16H,7-12H2,1-6H3. The highest BCUT2D eigenvalue weighted by molar-refractivity contribution is 4.71. The van der Waals surface area contributed by atoms with Crippen molar-refractivity contribution >= 4 is 0 Å². The largest absolute Gasteiger partial charge is 0.383 e. The molecule has 110 valence electrons. The number of nitrogens with zero attached hydrogens (tertiary/aromatic N) is 1. The van der Waals surface area contributed by atoms with E-state index in [1.807, 2.05) is 0 Å². The smallest absolute Gasteiger partial charge is 0.0589 e. The zero-order chi connectivity index (χ0) is 14.0. The van der Waals surface area contributed by atoms with Gasteiger partial charge in [-0.05, 0) is 31.7 Å². The van der Waals surface area contributed by atoms with E-state index in [1.54, 1.807) is 7.11 Å². The number of hydrogen-bond acceptors (Lipinski definition) is 3. The van der Waals surface area contributed by atoms with Gasteiger partial charge in [-0.15, -0.1) is 0 Å². The van der Waals surface area contributed by atoms with E-state index < -0.39 is 0 Å². The summed E-state index contributed by atoms with van der Waals surface area (Å²) in [4.78, 5) is 2.52. The van der Waals surface area contributed by atoms with Crippen LogP contribution in [0.2, 0.25) is 0 Å². The molecule has 0 saturated carbocycles. The fourth-order valence-electron chi connectivity index (χ4n) is 2.00. The lowest BCUT2D eigenvalue weighted by molar-refractivity contribution is 0.114. The van der Waals surface area contributed by atoms with Crippen LogP contribution >= 0.6 is 0 Å². The first-order valence-electron chi connectivity index (χ1n) is 7.41. The predicted molar refractivity (Wildman–Crippen MR) is 80.1 cm³/mol. The molecule has 0 aromatic carbocycles. The molecule has 0 radical (unpaired) electrons. The van der Waals surface area contributed by atoms with Gasteiger partial charge < -0.3 is 10.1 Å². The van der Waals surface area contributed by atoms with Gasteiger partial charge in [-0.25, -0.2) is 0 Å². The Kier molecular flexibility index (Phi) is 10.7. The molecule has 0 aliphatic heterocycles. The molecule has 0 aromatic rings. The van der Waals surface area contributed by atoms with Gasteiger partial charge in [-0.1, -0.05) is 27.7 Å². The van der Waals surface area contributed by atoms with Gasteiger partial charge in [-0.3, -0.25) is 4.90 Å². The molecule has 0 aliphatic rings. The summed E-state index contributed by atoms with van der Waals surface area (Å²) in [6.45, 7) is 16.6. The van der Waals surface area contributed by atoms with E-state index >= 15 is 0 Å². The summed E-state index contributed by atoms with van der Waals surface area (Å²) >= 11 is 0. The maximum atomic E-state index is 5.20. The molecule has 1 unspecified atom stereocenters. The van der Waals surface area contributed by atoms with Crippen molar-refractivity contribution in [1.29, 1.82) is 0 Å². The average molecular weight is 258 g/mol. The summed E-state index contributed by atoms with van der Waals surface area (Å²) in [5, 5.41) is 3.56. The molecule has 0 spiro atoms. The van der Waals surface area contributed by atoms with Crippen molar-refractivity contribution in [2.45, 2.75) is 47.1 Å². The Labute approximate surface area is 114 Å². The van der Waals surface area contributed by atoms with Crippen LogP contribution < -0.4 is 5.32 Å². The van der Waals surface area contributed by atoms with Gasteiger partial charge in [0.25, 0.3) is 0 Å². The minimum Gasteiger partial charge on any atom is -0.383 e. The van der Waals surface area contributed by atoms with E-state index in [-0.39, 0.29) is 0 Å². The number of nitrogens with one attached hydrogen (secondary N) is 1. The monoisotopic (exact) mass is 258 g/mol. The second-order valence-corrected chi connectivity index (χ2v) is 6.12. The molecule has 3 nitrogen and oxygen atoms in total. The molecule has 0 aromatic heterocycles. The van der Waals surface area contributed by atoms with Crippen molar-refractivity contribution in [3.8, 4) is 0 Å². The van der Waals surface area contributed by atoms with E-state index in [0.29, 0.717) is 12.0 Å². The Morgan fingerprint density at radius 2 is 1.72 bits per heavy atom. The van der Waals surface area contributed by atoms with Crippen LogP contribution in [-0.4, -0.2) is 50.8 Å². The molecule has 1 N–H and O–H groups in total. The first-order valence-corrected chi connectivity index (χ1v) is 7.41. The minimum atomic E-state index is 0.578. The van der Waals surface area contributed by atoms with Crippen molar-refractivity contribution in [3.05, 3.63) is 0 Å². The molecular weight excluding hydrogens is 224 g/mol. The lowest BCUT2D eigenvalue weighted by Crippen LogP contribution is -2.44. The second-order valence-electron chi connectivity index (χ2n) is 6.12. The third-order valence-corrected chi connectivity index (χ3v) is 3.14. The Balaban J connectivity index is 3.91. The predicted octanol–water partition coefficient (Wildman–Crippen LogP) is 2.62. The Morgan fingerprint density at radius 1 is 1.06 bits per heavy atom. The van der Waals surface area contributed by atoms with E-state index in [4.69, 9.17) is 4.74 Å². The minimum absolute atomic E-state index is 0.578. The fraction of sp³-hybridized carbons (Fsp3) is 1.00. The van der Waals surface area contributed by atoms with Crippen LogP contribution in [-0.2, 0) is 4.74 Å². The normalized spacial score (nSPS) is 13.8. The molecule has 3 heteroatoms. The molecule has 0 heterocycles. The van der Waals surface area contributed by atoms with Gasteiger partial charge in [-0.2, -0.15) is 0 Å². The number of methoxy groups -OCH3 is 1. The highest BCUT2D eigenvalue weighted by Crippen LogP contribution is 2.04. The zero-order valence-corrected chi connectivity index (χ0v) is 13.3. The van der Waals surface area contributed by atoms with Crippen molar-refractivity contribution in [3.63, 3.8) is 0 Å². The molecule has 0 saturated heterocycles. The van der Waals surface area contributed by atoms with Gasteiger partial charge in [0.15, 0.2) is 0 Å². The SMILES string of the molecule is COCCN(CC(C)C)C(C)CNCCC(C)C. The average Bonchev–Trinajstić information content (AvgIpc) is 2.29. The third-order valence-electron chi connectivity index (χ3n) is 3.14. The summed E-state index contributed by atoms with van der Waals surface area (Å²) < 4.78 is 5.20. The van der Waals surface area contributed by atoms with Crippen LogP contribution in [0, 0.1) is 11.8 Å². The zero-order valence-electron chi connectivity index (χ0n) is 13.3. The molecule has 18 heavy (non-hydrogen) atoms. The third kappa shape index (κ3) is 9.86. The Bertz CT molecular complexity index is 183. The molecule has 0 fully saturated rings. The van der Waals surface area contributed by atoms with Gasteiger partial charge in [0.1, 0.15) is 0 Å². The summed E-state index contributed by atoms with van der Waals surface area (Å²) in [6, 6.07) is 0.578. The summed E-state index contributed by atoms with van der Waals surface area (Å²) in [5.74, 6) is 1.49. The van der Waals surface area contributed by atoms with Gasteiger partial charge in [0.2, 0.25) is 0 Å². The van der Waals surface area contributed by atoms with Crippen molar-refractivity contribution in [2.75, 3.05) is 39.9 Å². The number of hydrogen-bond donors (Lipinski definition) is 1. The van der Waals surface area contributed by atoms with Gasteiger partial charge in [0.05, 0.1) is 6.61 Å². The van der Waals surface area contributed by atoms with Crippen molar-refractivity contribution in [2.24, 2.45) is 11.8 Å². The van der Waals surface area contributed by atoms with Crippen LogP contribution in [0.5, 0.6) is 0 Å². The van der Waals surface area contributed by atoms with E-state index in [2.05, 4.69) is 44.8 Å². The van der Waals surface area contributed by atoms with Crippen LogP contribution in [0.15, 0.2) is 0 Å². The maximum absolute atomic E-state index is 5.20. The molecule has 0 aliphatic carbocycles. The van der Waals surface area contributed by atoms with E-state index in [0.717, 1.165) is 38.7 Å². The summed E-state index contributed by atoms with van der Waals surface area (Å²) in [7, 11) is 1.78. The van der Waals surface area contributed by atoms with Gasteiger partial charge in [0, 0.05) is 32.8 Å². The van der Waals surface area contributed by atoms with Gasteiger partial charge >= 0.3 is 0 Å². The van der Waals surface area contributed by atoms with E-state index in [9.17, 15) is 0 Å². The lowest BCUT2D eigenvalue weighted by Gasteiger charge is -2.30. The van der Waals surface area contributed by atoms with Crippen LogP contribution in [0.25, 0.3) is 0 Å². The highest BCUT2D eigenvalue weighted by Gasteiger charge is 2.14. The Hall–Kier alpha value is -0.120. The molecule has 0 rings (SSSR count). The number of ether oxygens (including phenoxy) is 1. The second kappa shape index (κ2) is 10.8. The van der Waals surface area contributed by atoms with E-state index in [1.165, 1.54) is 6.42 Å². The molecule has 0 amide bonds. The maximum Gasteiger partial charge on any atom is 0.0589 e. The molecule has 1 atom stereocenters. The lowest BCUT2D eigenvalue weighted by atomic mass is 10.1. The molecular formula is C15H34N2O. The summed E-state index contributed by atoms with van der Waals surface area (Å²) in [6.07, 6.45) is 1.26. The topological polar surface area (TPSA) is 24.5 Å². The van der Waals surface area contributed by atoms with Crippen LogP contribution in [0.1, 0.15) is 41.0 Å². The Morgan fingerprint density at radius 3 is 2.22 bits per heavy atom. The van der Waals surface area contributed by atoms with Crippen molar-refractivity contribution < 1.29 is 4.74 Å². The highest BCUT2D eigenvalue weighted by atomic mass is 16.5. The van der Waals surface area contributed by atoms with Crippen molar-refractivity contribution in [1.82, 2.24) is 10.2 Å². The quantitative estimate of drug-likeness (QED) is 0.577. The molecule has 0 bridgehead atoms. The fourth-order valence-corrected chi connectivity index (χ4v) is 2.00.